The number of likely N-dealkylation sites (N-methyl/N-ethyl adjacent to an activating group) is 1. The number of rotatable bonds is 4. The smallest absolute Gasteiger partial charge is 0.241 e. The number of hydrogen-bond donors (Lipinski definition) is 2. The fourth-order valence-electron chi connectivity index (χ4n) is 4.94. The van der Waals surface area contributed by atoms with Gasteiger partial charge in [0.15, 0.2) is 0 Å². The van der Waals surface area contributed by atoms with Gasteiger partial charge in [0, 0.05) is 30.5 Å². The van der Waals surface area contributed by atoms with E-state index in [-0.39, 0.29) is 48.2 Å². The monoisotopic (exact) mass is 381 g/mol. The Hall–Kier alpha value is -0.0700. The first-order valence-electron chi connectivity index (χ1n) is 8.85. The van der Waals surface area contributed by atoms with Gasteiger partial charge in [-0.3, -0.25) is 9.69 Å². The Morgan fingerprint density at radius 3 is 2.67 bits per heavy atom. The van der Waals surface area contributed by atoms with Crippen molar-refractivity contribution in [1.29, 1.82) is 0 Å². The molecule has 0 spiro atoms. The number of fused-ring (bicyclic) bond motifs is 1. The van der Waals surface area contributed by atoms with Crippen LogP contribution < -0.4 is 11.1 Å². The molecule has 0 aromatic carbocycles. The minimum absolute atomic E-state index is 0. The normalized spacial score (nSPS) is 37.4. The second-order valence-electron chi connectivity index (χ2n) is 7.77. The van der Waals surface area contributed by atoms with Crippen molar-refractivity contribution in [2.75, 3.05) is 26.2 Å². The molecule has 1 saturated carbocycles. The Balaban J connectivity index is 0.00000144. The van der Waals surface area contributed by atoms with Crippen LogP contribution in [-0.4, -0.2) is 54.7 Å². The van der Waals surface area contributed by atoms with Crippen LogP contribution in [0.3, 0.4) is 0 Å². The molecule has 5 nitrogen and oxygen atoms in total. The van der Waals surface area contributed by atoms with Crippen LogP contribution >= 0.6 is 24.8 Å². The van der Waals surface area contributed by atoms with Crippen LogP contribution in [0.5, 0.6) is 0 Å². The summed E-state index contributed by atoms with van der Waals surface area (Å²) in [4.78, 5) is 15.3. The minimum Gasteiger partial charge on any atom is -0.377 e. The van der Waals surface area contributed by atoms with Gasteiger partial charge in [0.05, 0.1) is 6.10 Å². The van der Waals surface area contributed by atoms with Crippen molar-refractivity contribution in [1.82, 2.24) is 10.2 Å². The summed E-state index contributed by atoms with van der Waals surface area (Å²) >= 11 is 0. The van der Waals surface area contributed by atoms with E-state index in [4.69, 9.17) is 10.5 Å². The van der Waals surface area contributed by atoms with Crippen molar-refractivity contribution in [2.45, 2.75) is 64.1 Å². The fourth-order valence-corrected chi connectivity index (χ4v) is 4.94. The molecule has 4 atom stereocenters. The highest BCUT2D eigenvalue weighted by atomic mass is 35.5. The number of amides is 1. The molecule has 0 radical (unpaired) electrons. The third-order valence-electron chi connectivity index (χ3n) is 6.46. The topological polar surface area (TPSA) is 67.6 Å². The van der Waals surface area contributed by atoms with Gasteiger partial charge in [-0.15, -0.1) is 24.8 Å². The van der Waals surface area contributed by atoms with Crippen LogP contribution in [0, 0.1) is 11.3 Å². The van der Waals surface area contributed by atoms with Gasteiger partial charge < -0.3 is 15.8 Å². The van der Waals surface area contributed by atoms with E-state index in [9.17, 15) is 4.79 Å². The molecule has 3 aliphatic rings. The van der Waals surface area contributed by atoms with Crippen LogP contribution in [-0.2, 0) is 9.53 Å². The quantitative estimate of drug-likeness (QED) is 0.780. The predicted molar refractivity (Wildman–Crippen MR) is 101 cm³/mol. The molecule has 3 rings (SSSR count). The van der Waals surface area contributed by atoms with E-state index in [0.717, 1.165) is 39.1 Å². The third kappa shape index (κ3) is 3.18. The van der Waals surface area contributed by atoms with Crippen molar-refractivity contribution in [3.8, 4) is 0 Å². The summed E-state index contributed by atoms with van der Waals surface area (Å²) in [6, 6.07) is 0.471. The average molecular weight is 382 g/mol. The van der Waals surface area contributed by atoms with E-state index in [1.807, 2.05) is 0 Å². The number of halogens is 2. The first kappa shape index (κ1) is 22.0. The molecule has 142 valence electrons. The van der Waals surface area contributed by atoms with Crippen molar-refractivity contribution >= 4 is 30.7 Å². The van der Waals surface area contributed by atoms with Gasteiger partial charge in [0.25, 0.3) is 0 Å². The fraction of sp³-hybridized carbons (Fsp3) is 0.941. The van der Waals surface area contributed by atoms with Crippen molar-refractivity contribution in [2.24, 2.45) is 17.1 Å². The molecule has 0 aromatic rings. The zero-order valence-corrected chi connectivity index (χ0v) is 16.7. The van der Waals surface area contributed by atoms with Gasteiger partial charge in [-0.2, -0.15) is 0 Å². The maximum atomic E-state index is 12.9. The zero-order valence-electron chi connectivity index (χ0n) is 15.0. The molecular formula is C17H33Cl2N3O2. The van der Waals surface area contributed by atoms with Crippen LogP contribution in [0.15, 0.2) is 0 Å². The van der Waals surface area contributed by atoms with E-state index in [0.29, 0.717) is 6.04 Å². The Morgan fingerprint density at radius 1 is 1.29 bits per heavy atom. The van der Waals surface area contributed by atoms with Gasteiger partial charge in [-0.25, -0.2) is 0 Å². The Kier molecular flexibility index (Phi) is 7.40. The molecule has 2 saturated heterocycles. The summed E-state index contributed by atoms with van der Waals surface area (Å²) in [5, 5.41) is 3.16. The molecule has 24 heavy (non-hydrogen) atoms. The van der Waals surface area contributed by atoms with E-state index >= 15 is 0 Å². The SMILES string of the molecule is CCN1CCCC1CNC(=O)C1(N)C2CCCOC2C1(C)C.Cl.Cl. The molecule has 2 aliphatic heterocycles. The third-order valence-corrected chi connectivity index (χ3v) is 6.46. The number of nitrogens with one attached hydrogen (secondary N) is 1. The summed E-state index contributed by atoms with van der Waals surface area (Å²) in [6.07, 6.45) is 4.55. The largest absolute Gasteiger partial charge is 0.377 e. The average Bonchev–Trinajstić information content (AvgIpc) is 2.99. The second kappa shape index (κ2) is 8.09. The number of carbonyl (C=O) groups is 1. The molecule has 3 fully saturated rings. The highest BCUT2D eigenvalue weighted by molar-refractivity contribution is 5.89. The second-order valence-corrected chi connectivity index (χ2v) is 7.77. The first-order chi connectivity index (χ1) is 10.4. The molecule has 0 bridgehead atoms. The first-order valence-corrected chi connectivity index (χ1v) is 8.85. The van der Waals surface area contributed by atoms with Crippen molar-refractivity contribution in [3.63, 3.8) is 0 Å². The van der Waals surface area contributed by atoms with E-state index < -0.39 is 5.54 Å². The van der Waals surface area contributed by atoms with E-state index in [1.165, 1.54) is 12.8 Å². The number of carbonyl (C=O) groups excluding carboxylic acids is 1. The molecule has 4 unspecified atom stereocenters. The van der Waals surface area contributed by atoms with E-state index in [2.05, 4.69) is 31.0 Å². The van der Waals surface area contributed by atoms with Crippen molar-refractivity contribution in [3.05, 3.63) is 0 Å². The maximum absolute atomic E-state index is 12.9. The maximum Gasteiger partial charge on any atom is 0.241 e. The predicted octanol–water partition coefficient (Wildman–Crippen LogP) is 1.96. The molecule has 1 amide bonds. The van der Waals surface area contributed by atoms with Gasteiger partial charge in [0.1, 0.15) is 5.54 Å². The summed E-state index contributed by atoms with van der Waals surface area (Å²) in [5.74, 6) is 0.189. The number of ether oxygens (including phenoxy) is 1. The molecule has 2 heterocycles. The lowest BCUT2D eigenvalue weighted by atomic mass is 9.46. The molecule has 1 aliphatic carbocycles. The highest BCUT2D eigenvalue weighted by Gasteiger charge is 2.70. The zero-order chi connectivity index (χ0) is 16.0. The van der Waals surface area contributed by atoms with Crippen LogP contribution in [0.25, 0.3) is 0 Å². The standard InChI is InChI=1S/C17H31N3O2.2ClH/c1-4-20-9-5-7-12(20)11-19-15(21)17(18)13-8-6-10-22-14(13)16(17,2)3;;/h12-14H,4-11,18H2,1-3H3,(H,19,21);2*1H. The Morgan fingerprint density at radius 2 is 2.00 bits per heavy atom. The number of hydrogen-bond acceptors (Lipinski definition) is 4. The molecule has 0 aromatic heterocycles. The number of likely N-dealkylation sites (tertiary alicyclic amines) is 1. The summed E-state index contributed by atoms with van der Waals surface area (Å²) in [5.41, 5.74) is 5.55. The summed E-state index contributed by atoms with van der Waals surface area (Å²) < 4.78 is 5.88. The Labute approximate surface area is 158 Å². The van der Waals surface area contributed by atoms with E-state index in [1.54, 1.807) is 0 Å². The molecular weight excluding hydrogens is 349 g/mol. The van der Waals surface area contributed by atoms with Gasteiger partial charge in [-0.05, 0) is 38.8 Å². The van der Waals surface area contributed by atoms with Gasteiger partial charge in [-0.1, -0.05) is 20.8 Å². The molecule has 3 N–H and O–H groups in total. The van der Waals surface area contributed by atoms with Gasteiger partial charge >= 0.3 is 0 Å². The van der Waals surface area contributed by atoms with Crippen molar-refractivity contribution < 1.29 is 9.53 Å². The molecule has 7 heteroatoms. The lowest BCUT2D eigenvalue weighted by Gasteiger charge is -2.65. The number of nitrogens with two attached hydrogens (primary N) is 1. The summed E-state index contributed by atoms with van der Waals surface area (Å²) in [7, 11) is 0. The summed E-state index contributed by atoms with van der Waals surface area (Å²) in [6.45, 7) is 10.1. The number of nitrogens with zero attached hydrogens (tertiary/aromatic N) is 1. The lowest BCUT2D eigenvalue weighted by Crippen LogP contribution is -2.82. The minimum atomic E-state index is -0.784. The lowest BCUT2D eigenvalue weighted by molar-refractivity contribution is -0.225. The van der Waals surface area contributed by atoms with Gasteiger partial charge in [0.2, 0.25) is 5.91 Å². The van der Waals surface area contributed by atoms with Crippen LogP contribution in [0.2, 0.25) is 0 Å². The van der Waals surface area contributed by atoms with Crippen LogP contribution in [0.4, 0.5) is 0 Å². The Bertz CT molecular complexity index is 450. The highest BCUT2D eigenvalue weighted by Crippen LogP contribution is 2.57. The van der Waals surface area contributed by atoms with Crippen LogP contribution in [0.1, 0.15) is 46.5 Å².